The lowest BCUT2D eigenvalue weighted by molar-refractivity contribution is -0.274. The van der Waals surface area contributed by atoms with Gasteiger partial charge in [0.1, 0.15) is 5.75 Å². The first-order chi connectivity index (χ1) is 18.6. The number of ether oxygens (including phenoxy) is 1. The highest BCUT2D eigenvalue weighted by molar-refractivity contribution is 7.89. The van der Waals surface area contributed by atoms with Crippen molar-refractivity contribution in [1.29, 1.82) is 0 Å². The SMILES string of the molecule is CN1CCCN(S(=O)(=O)c2ccc(-c3ccc4c(Nc5ccc(OC(F)(F)F)cc5)ccnc4c3)cc2)CC1. The van der Waals surface area contributed by atoms with Gasteiger partial charge < -0.3 is 15.0 Å². The van der Waals surface area contributed by atoms with Gasteiger partial charge >= 0.3 is 6.36 Å². The van der Waals surface area contributed by atoms with Gasteiger partial charge in [-0.2, -0.15) is 4.31 Å². The molecule has 0 radical (unpaired) electrons. The average Bonchev–Trinajstić information content (AvgIpc) is 3.14. The maximum atomic E-state index is 13.2. The van der Waals surface area contributed by atoms with Crippen molar-refractivity contribution in [3.63, 3.8) is 0 Å². The van der Waals surface area contributed by atoms with Gasteiger partial charge in [0.15, 0.2) is 0 Å². The largest absolute Gasteiger partial charge is 0.573 e. The van der Waals surface area contributed by atoms with E-state index in [1.54, 1.807) is 40.8 Å². The highest BCUT2D eigenvalue weighted by Gasteiger charge is 2.31. The van der Waals surface area contributed by atoms with Crippen molar-refractivity contribution in [1.82, 2.24) is 14.2 Å². The van der Waals surface area contributed by atoms with E-state index < -0.39 is 16.4 Å². The van der Waals surface area contributed by atoms with Crippen LogP contribution in [0.25, 0.3) is 22.0 Å². The summed E-state index contributed by atoms with van der Waals surface area (Å²) in [6.07, 6.45) is -2.30. The van der Waals surface area contributed by atoms with E-state index in [2.05, 4.69) is 19.9 Å². The third-order valence-electron chi connectivity index (χ3n) is 6.61. The predicted molar refractivity (Wildman–Crippen MR) is 144 cm³/mol. The Morgan fingerprint density at radius 3 is 2.31 bits per heavy atom. The number of anilines is 2. The fourth-order valence-electron chi connectivity index (χ4n) is 4.56. The molecule has 0 aliphatic carbocycles. The molecule has 0 saturated carbocycles. The Balaban J connectivity index is 1.34. The fourth-order valence-corrected chi connectivity index (χ4v) is 6.03. The molecule has 0 amide bonds. The van der Waals surface area contributed by atoms with Crippen LogP contribution in [0.4, 0.5) is 24.5 Å². The maximum absolute atomic E-state index is 13.2. The number of alkyl halides is 3. The molecule has 11 heteroatoms. The molecule has 39 heavy (non-hydrogen) atoms. The van der Waals surface area contributed by atoms with Gasteiger partial charge in [-0.05, 0) is 79.7 Å². The summed E-state index contributed by atoms with van der Waals surface area (Å²) in [5.41, 5.74) is 3.77. The highest BCUT2D eigenvalue weighted by atomic mass is 32.2. The number of sulfonamides is 1. The van der Waals surface area contributed by atoms with Crippen molar-refractivity contribution in [3.05, 3.63) is 79.0 Å². The minimum atomic E-state index is -4.74. The Kier molecular flexibility index (Phi) is 7.48. The van der Waals surface area contributed by atoms with Crippen molar-refractivity contribution in [2.75, 3.05) is 38.5 Å². The third-order valence-corrected chi connectivity index (χ3v) is 8.53. The molecule has 1 saturated heterocycles. The summed E-state index contributed by atoms with van der Waals surface area (Å²) in [7, 11) is -1.57. The molecule has 1 aliphatic heterocycles. The Hall–Kier alpha value is -3.67. The van der Waals surface area contributed by atoms with Gasteiger partial charge in [0.25, 0.3) is 0 Å². The zero-order chi connectivity index (χ0) is 27.6. The van der Waals surface area contributed by atoms with Crippen molar-refractivity contribution < 1.29 is 26.3 Å². The van der Waals surface area contributed by atoms with Gasteiger partial charge in [0.2, 0.25) is 10.0 Å². The Bertz CT molecular complexity index is 1560. The zero-order valence-electron chi connectivity index (χ0n) is 21.1. The lowest BCUT2D eigenvalue weighted by atomic mass is 10.0. The van der Waals surface area contributed by atoms with Crippen LogP contribution in [-0.4, -0.2) is 62.2 Å². The van der Waals surface area contributed by atoms with Gasteiger partial charge in [-0.3, -0.25) is 4.98 Å². The van der Waals surface area contributed by atoms with Crippen LogP contribution in [0.2, 0.25) is 0 Å². The first-order valence-electron chi connectivity index (χ1n) is 12.4. The van der Waals surface area contributed by atoms with Crippen molar-refractivity contribution in [2.45, 2.75) is 17.7 Å². The Labute approximate surface area is 224 Å². The topological polar surface area (TPSA) is 74.8 Å². The fraction of sp³-hybridized carbons (Fsp3) is 0.250. The number of aromatic nitrogens is 1. The summed E-state index contributed by atoms with van der Waals surface area (Å²) >= 11 is 0. The van der Waals surface area contributed by atoms with Gasteiger partial charge in [0, 0.05) is 42.6 Å². The van der Waals surface area contributed by atoms with Crippen LogP contribution in [-0.2, 0) is 10.0 Å². The van der Waals surface area contributed by atoms with Gasteiger partial charge in [-0.25, -0.2) is 8.42 Å². The van der Waals surface area contributed by atoms with Gasteiger partial charge in [-0.1, -0.05) is 24.3 Å². The van der Waals surface area contributed by atoms with Crippen molar-refractivity contribution in [2.24, 2.45) is 0 Å². The van der Waals surface area contributed by atoms with Gasteiger partial charge in [-0.15, -0.1) is 13.2 Å². The maximum Gasteiger partial charge on any atom is 0.573 e. The number of rotatable bonds is 6. The van der Waals surface area contributed by atoms with E-state index in [9.17, 15) is 21.6 Å². The highest BCUT2D eigenvalue weighted by Crippen LogP contribution is 2.31. The lowest BCUT2D eigenvalue weighted by Gasteiger charge is -2.20. The second-order valence-electron chi connectivity index (χ2n) is 9.37. The van der Waals surface area contributed by atoms with E-state index in [0.29, 0.717) is 30.8 Å². The molecule has 1 aliphatic rings. The van der Waals surface area contributed by atoms with Crippen LogP contribution in [0.1, 0.15) is 6.42 Å². The van der Waals surface area contributed by atoms with Crippen LogP contribution in [0, 0.1) is 0 Å². The summed E-state index contributed by atoms with van der Waals surface area (Å²) in [6, 6.07) is 19.9. The smallest absolute Gasteiger partial charge is 0.406 e. The molecule has 204 valence electrons. The van der Waals surface area contributed by atoms with Crippen LogP contribution in [0.15, 0.2) is 83.9 Å². The quantitative estimate of drug-likeness (QED) is 0.320. The molecule has 0 unspecified atom stereocenters. The molecular weight excluding hydrogens is 529 g/mol. The number of likely N-dealkylation sites (N-methyl/N-ethyl adjacent to an activating group) is 1. The number of benzene rings is 3. The number of hydrogen-bond acceptors (Lipinski definition) is 6. The minimum Gasteiger partial charge on any atom is -0.406 e. The van der Waals surface area contributed by atoms with Gasteiger partial charge in [0.05, 0.1) is 10.4 Å². The molecule has 1 aromatic heterocycles. The zero-order valence-corrected chi connectivity index (χ0v) is 22.0. The third kappa shape index (κ3) is 6.32. The second-order valence-corrected chi connectivity index (χ2v) is 11.3. The molecule has 0 atom stereocenters. The van der Waals surface area contributed by atoms with Crippen molar-refractivity contribution >= 4 is 32.3 Å². The Morgan fingerprint density at radius 1 is 0.872 bits per heavy atom. The van der Waals surface area contributed by atoms with E-state index in [1.807, 2.05) is 25.2 Å². The van der Waals surface area contributed by atoms with Crippen molar-refractivity contribution in [3.8, 4) is 16.9 Å². The molecule has 2 heterocycles. The van der Waals surface area contributed by atoms with E-state index in [0.717, 1.165) is 35.2 Å². The van der Waals surface area contributed by atoms with E-state index >= 15 is 0 Å². The monoisotopic (exact) mass is 556 g/mol. The lowest BCUT2D eigenvalue weighted by Crippen LogP contribution is -2.34. The van der Waals surface area contributed by atoms with Crippen LogP contribution >= 0.6 is 0 Å². The molecular formula is C28H27F3N4O3S. The number of nitrogens with zero attached hydrogens (tertiary/aromatic N) is 3. The van der Waals surface area contributed by atoms with Crippen LogP contribution < -0.4 is 10.1 Å². The first kappa shape index (κ1) is 26.9. The molecule has 1 fully saturated rings. The van der Waals surface area contributed by atoms with E-state index in [4.69, 9.17) is 0 Å². The van der Waals surface area contributed by atoms with Crippen LogP contribution in [0.5, 0.6) is 5.75 Å². The van der Waals surface area contributed by atoms with Crippen LogP contribution in [0.3, 0.4) is 0 Å². The number of fused-ring (bicyclic) bond motifs is 1. The molecule has 5 rings (SSSR count). The Morgan fingerprint density at radius 2 is 1.59 bits per heavy atom. The first-order valence-corrected chi connectivity index (χ1v) is 13.8. The average molecular weight is 557 g/mol. The minimum absolute atomic E-state index is 0.271. The molecule has 1 N–H and O–H groups in total. The predicted octanol–water partition coefficient (Wildman–Crippen LogP) is 5.87. The van der Waals surface area contributed by atoms with E-state index in [-0.39, 0.29) is 10.6 Å². The summed E-state index contributed by atoms with van der Waals surface area (Å²) in [5.74, 6) is -0.296. The normalized spacial score (nSPS) is 15.7. The molecule has 3 aromatic carbocycles. The summed E-state index contributed by atoms with van der Waals surface area (Å²) in [4.78, 5) is 6.87. The number of hydrogen-bond donors (Lipinski definition) is 1. The molecule has 0 bridgehead atoms. The second kappa shape index (κ2) is 10.8. The van der Waals surface area contributed by atoms with E-state index in [1.165, 1.54) is 24.3 Å². The summed E-state index contributed by atoms with van der Waals surface area (Å²) in [5, 5.41) is 4.03. The molecule has 4 aromatic rings. The number of pyridine rings is 1. The summed E-state index contributed by atoms with van der Waals surface area (Å²) in [6.45, 7) is 2.56. The number of nitrogens with one attached hydrogen (secondary N) is 1. The number of halogens is 3. The standard InChI is InChI=1S/C28H27F3N4O3S/c1-34-15-2-16-35(18-17-34)39(36,37)24-10-3-20(4-11-24)21-5-12-25-26(13-14-32-27(25)19-21)33-22-6-8-23(9-7-22)38-28(29,30)31/h3-14,19H,2,15-18H2,1H3,(H,32,33). The summed E-state index contributed by atoms with van der Waals surface area (Å²) < 4.78 is 69.1. The molecule has 0 spiro atoms. The molecule has 7 nitrogen and oxygen atoms in total.